The number of aromatic nitrogens is 2. The molecular formula is C33H38N4O6. The number of hydroxylamine groups is 1. The minimum absolute atomic E-state index is 0.0181. The number of carbonyl (C=O) groups is 2. The summed E-state index contributed by atoms with van der Waals surface area (Å²) < 4.78 is 15.1. The molecule has 1 aliphatic heterocycles. The largest absolute Gasteiger partial charge is 0.392 e. The summed E-state index contributed by atoms with van der Waals surface area (Å²) in [7, 11) is 0. The minimum Gasteiger partial charge on any atom is -0.392 e. The second-order valence-electron chi connectivity index (χ2n) is 10.9. The van der Waals surface area contributed by atoms with Crippen LogP contribution >= 0.6 is 0 Å². The molecule has 5 rings (SSSR count). The van der Waals surface area contributed by atoms with Crippen molar-refractivity contribution in [1.82, 2.24) is 15.0 Å². The van der Waals surface area contributed by atoms with Crippen molar-refractivity contribution in [2.45, 2.75) is 76.6 Å². The number of carbonyl (C=O) groups excluding carboxylic acids is 2. The second kappa shape index (κ2) is 14.9. The summed E-state index contributed by atoms with van der Waals surface area (Å²) >= 11 is 0. The molecule has 0 saturated carbocycles. The van der Waals surface area contributed by atoms with Gasteiger partial charge in [0.05, 0.1) is 42.7 Å². The van der Waals surface area contributed by atoms with Gasteiger partial charge in [0, 0.05) is 30.5 Å². The Morgan fingerprint density at radius 2 is 1.65 bits per heavy atom. The molecule has 2 amide bonds. The zero-order valence-corrected chi connectivity index (χ0v) is 24.0. The van der Waals surface area contributed by atoms with E-state index in [4.69, 9.17) is 14.7 Å². The molecule has 1 aromatic heterocycles. The number of aliphatic hydroxyl groups is 1. The number of amides is 2. The van der Waals surface area contributed by atoms with Crippen LogP contribution in [0.3, 0.4) is 0 Å². The normalized spacial score (nSPS) is 18.4. The number of anilines is 1. The highest BCUT2D eigenvalue weighted by Gasteiger charge is 2.32. The number of para-hydroxylation sites is 2. The van der Waals surface area contributed by atoms with Crippen molar-refractivity contribution in [3.8, 4) is 0 Å². The maximum absolute atomic E-state index is 12.6. The van der Waals surface area contributed by atoms with Gasteiger partial charge in [-0.1, -0.05) is 61.4 Å². The molecule has 1 aliphatic rings. The number of hydrogen-bond acceptors (Lipinski definition) is 7. The summed E-state index contributed by atoms with van der Waals surface area (Å²) in [6.07, 6.45) is 5.10. The Balaban J connectivity index is 1.25. The van der Waals surface area contributed by atoms with E-state index in [-0.39, 0.29) is 31.1 Å². The zero-order valence-electron chi connectivity index (χ0n) is 24.0. The molecule has 10 heteroatoms. The highest BCUT2D eigenvalue weighted by molar-refractivity contribution is 5.90. The molecular weight excluding hydrogens is 548 g/mol. The predicted molar refractivity (Wildman–Crippen MR) is 161 cm³/mol. The van der Waals surface area contributed by atoms with Crippen molar-refractivity contribution in [3.05, 3.63) is 95.8 Å². The van der Waals surface area contributed by atoms with E-state index in [1.165, 1.54) is 0 Å². The summed E-state index contributed by atoms with van der Waals surface area (Å²) in [6.45, 7) is 0.586. The molecule has 1 fully saturated rings. The SMILES string of the molecule is O=C(CCCCCCC(=O)Nc1cccc(C2OC(Cn3cnc4ccccc43)CC(c3ccc(CO)cc3)O2)c1)NO. The molecule has 10 nitrogen and oxygen atoms in total. The van der Waals surface area contributed by atoms with Crippen LogP contribution in [0.5, 0.6) is 0 Å². The molecule has 1 saturated heterocycles. The van der Waals surface area contributed by atoms with Gasteiger partial charge in [-0.25, -0.2) is 10.5 Å². The summed E-state index contributed by atoms with van der Waals surface area (Å²) in [5.74, 6) is -0.474. The smallest absolute Gasteiger partial charge is 0.243 e. The third-order valence-electron chi connectivity index (χ3n) is 7.67. The second-order valence-corrected chi connectivity index (χ2v) is 10.9. The number of benzene rings is 3. The third kappa shape index (κ3) is 8.26. The standard InChI is InChI=1S/C33H38N4O6/c38-21-23-14-16-24(17-15-23)30-19-27(20-37-22-34-28-10-5-6-11-29(28)37)42-33(43-30)25-8-7-9-26(18-25)35-31(39)12-3-1-2-4-13-32(40)36-41/h5-11,14-18,22,27,30,33,38,41H,1-4,12-13,19-21H2,(H,35,39)(H,36,40). The van der Waals surface area contributed by atoms with E-state index >= 15 is 0 Å². The van der Waals surface area contributed by atoms with Gasteiger partial charge < -0.3 is 24.5 Å². The predicted octanol–water partition coefficient (Wildman–Crippen LogP) is 5.56. The van der Waals surface area contributed by atoms with Gasteiger partial charge in [-0.2, -0.15) is 0 Å². The lowest BCUT2D eigenvalue weighted by molar-refractivity contribution is -0.252. The molecule has 226 valence electrons. The number of imidazole rings is 1. The Morgan fingerprint density at radius 3 is 2.42 bits per heavy atom. The number of rotatable bonds is 13. The van der Waals surface area contributed by atoms with Crippen molar-refractivity contribution in [2.24, 2.45) is 0 Å². The molecule has 0 radical (unpaired) electrons. The lowest BCUT2D eigenvalue weighted by atomic mass is 10.00. The molecule has 43 heavy (non-hydrogen) atoms. The maximum Gasteiger partial charge on any atom is 0.243 e. The maximum atomic E-state index is 12.6. The summed E-state index contributed by atoms with van der Waals surface area (Å²) in [4.78, 5) is 28.2. The van der Waals surface area contributed by atoms with Gasteiger partial charge in [0.1, 0.15) is 0 Å². The van der Waals surface area contributed by atoms with Crippen LogP contribution in [0.1, 0.15) is 74.0 Å². The van der Waals surface area contributed by atoms with Crippen LogP contribution in [0.4, 0.5) is 5.69 Å². The van der Waals surface area contributed by atoms with Crippen molar-refractivity contribution < 1.29 is 29.4 Å². The lowest BCUT2D eigenvalue weighted by Crippen LogP contribution is -2.32. The van der Waals surface area contributed by atoms with Crippen molar-refractivity contribution in [2.75, 3.05) is 5.32 Å². The monoisotopic (exact) mass is 586 g/mol. The summed E-state index contributed by atoms with van der Waals surface area (Å²) in [5, 5.41) is 21.0. The summed E-state index contributed by atoms with van der Waals surface area (Å²) in [5.41, 5.74) is 6.92. The highest BCUT2D eigenvalue weighted by Crippen LogP contribution is 2.39. The van der Waals surface area contributed by atoms with E-state index in [9.17, 15) is 14.7 Å². The molecule has 2 heterocycles. The summed E-state index contributed by atoms with van der Waals surface area (Å²) in [6, 6.07) is 23.3. The van der Waals surface area contributed by atoms with Gasteiger partial charge in [-0.15, -0.1) is 0 Å². The quantitative estimate of drug-likeness (QED) is 0.0915. The van der Waals surface area contributed by atoms with Crippen molar-refractivity contribution in [1.29, 1.82) is 0 Å². The fourth-order valence-electron chi connectivity index (χ4n) is 5.38. The number of unbranched alkanes of at least 4 members (excludes halogenated alkanes) is 3. The van der Waals surface area contributed by atoms with E-state index in [0.29, 0.717) is 37.9 Å². The number of aliphatic hydroxyl groups excluding tert-OH is 1. The van der Waals surface area contributed by atoms with Crippen LogP contribution in [0.2, 0.25) is 0 Å². The fraction of sp³-hybridized carbons (Fsp3) is 0.364. The Labute approximate surface area is 250 Å². The van der Waals surface area contributed by atoms with E-state index in [0.717, 1.165) is 40.6 Å². The molecule has 0 bridgehead atoms. The van der Waals surface area contributed by atoms with Crippen LogP contribution in [-0.4, -0.2) is 37.8 Å². The molecule has 4 N–H and O–H groups in total. The molecule has 4 aromatic rings. The first-order valence-corrected chi connectivity index (χ1v) is 14.8. The number of nitrogens with zero attached hydrogens (tertiary/aromatic N) is 2. The number of nitrogens with one attached hydrogen (secondary N) is 2. The number of hydrogen-bond donors (Lipinski definition) is 4. The number of ether oxygens (including phenoxy) is 2. The molecule has 3 aromatic carbocycles. The van der Waals surface area contributed by atoms with Gasteiger partial charge in [-0.05, 0) is 48.2 Å². The Morgan fingerprint density at radius 1 is 0.884 bits per heavy atom. The van der Waals surface area contributed by atoms with E-state index < -0.39 is 12.2 Å². The average molecular weight is 587 g/mol. The molecule has 0 aliphatic carbocycles. The van der Waals surface area contributed by atoms with Gasteiger partial charge in [0.15, 0.2) is 6.29 Å². The van der Waals surface area contributed by atoms with Gasteiger partial charge in [-0.3, -0.25) is 14.8 Å². The topological polar surface area (TPSA) is 135 Å². The van der Waals surface area contributed by atoms with Crippen LogP contribution in [-0.2, 0) is 32.2 Å². The van der Waals surface area contributed by atoms with Gasteiger partial charge in [0.25, 0.3) is 0 Å². The highest BCUT2D eigenvalue weighted by atomic mass is 16.7. The fourth-order valence-corrected chi connectivity index (χ4v) is 5.38. The Kier molecular flexibility index (Phi) is 10.5. The van der Waals surface area contributed by atoms with Crippen LogP contribution in [0.25, 0.3) is 11.0 Å². The lowest BCUT2D eigenvalue weighted by Gasteiger charge is -2.36. The van der Waals surface area contributed by atoms with E-state index in [1.54, 1.807) is 5.48 Å². The van der Waals surface area contributed by atoms with Crippen LogP contribution in [0, 0.1) is 0 Å². The Bertz CT molecular complexity index is 1500. The van der Waals surface area contributed by atoms with Crippen LogP contribution < -0.4 is 10.8 Å². The van der Waals surface area contributed by atoms with E-state index in [1.807, 2.05) is 79.1 Å². The van der Waals surface area contributed by atoms with Gasteiger partial charge in [0.2, 0.25) is 11.8 Å². The zero-order chi connectivity index (χ0) is 30.0. The first-order chi connectivity index (χ1) is 21.0. The van der Waals surface area contributed by atoms with Crippen molar-refractivity contribution >= 4 is 28.5 Å². The van der Waals surface area contributed by atoms with E-state index in [2.05, 4.69) is 14.9 Å². The number of fused-ring (bicyclic) bond motifs is 1. The third-order valence-corrected chi connectivity index (χ3v) is 7.67. The molecule has 3 unspecified atom stereocenters. The first kappa shape index (κ1) is 30.4. The van der Waals surface area contributed by atoms with Crippen LogP contribution in [0.15, 0.2) is 79.1 Å². The average Bonchev–Trinajstić information content (AvgIpc) is 3.45. The van der Waals surface area contributed by atoms with Crippen molar-refractivity contribution in [3.63, 3.8) is 0 Å². The Hall–Kier alpha value is -4.09. The molecule has 3 atom stereocenters. The molecule has 0 spiro atoms. The first-order valence-electron chi connectivity index (χ1n) is 14.8. The minimum atomic E-state index is -0.649. The van der Waals surface area contributed by atoms with Gasteiger partial charge >= 0.3 is 0 Å².